The van der Waals surface area contributed by atoms with Crippen molar-refractivity contribution >= 4 is 29.9 Å². The van der Waals surface area contributed by atoms with E-state index in [0.29, 0.717) is 18.0 Å². The molecule has 0 aliphatic carbocycles. The second-order valence-corrected chi connectivity index (χ2v) is 3.77. The summed E-state index contributed by atoms with van der Waals surface area (Å²) in [6, 6.07) is 7.27. The normalized spacial score (nSPS) is 9.67. The first-order valence-corrected chi connectivity index (χ1v) is 5.77. The first-order chi connectivity index (χ1) is 8.60. The van der Waals surface area contributed by atoms with Gasteiger partial charge in [-0.15, -0.1) is 0 Å². The van der Waals surface area contributed by atoms with Crippen molar-refractivity contribution in [3.63, 3.8) is 0 Å². The first-order valence-electron chi connectivity index (χ1n) is 5.39. The van der Waals surface area contributed by atoms with Gasteiger partial charge in [-0.1, -0.05) is 29.8 Å². The molecule has 5 heteroatoms. The average molecular weight is 270 g/mol. The molecule has 1 rings (SSSR count). The van der Waals surface area contributed by atoms with E-state index in [0.717, 1.165) is 11.8 Å². The zero-order valence-electron chi connectivity index (χ0n) is 9.88. The van der Waals surface area contributed by atoms with Gasteiger partial charge in [-0.25, -0.2) is 0 Å². The van der Waals surface area contributed by atoms with Crippen molar-refractivity contribution in [2.45, 2.75) is 12.8 Å². The molecule has 0 bridgehead atoms. The van der Waals surface area contributed by atoms with Crippen molar-refractivity contribution in [3.8, 4) is 0 Å². The number of allylic oxidation sites excluding steroid dienone is 1. The monoisotopic (exact) mass is 269 g/mol. The summed E-state index contributed by atoms with van der Waals surface area (Å²) in [6.07, 6.45) is 4.69. The lowest BCUT2D eigenvalue weighted by molar-refractivity contribution is -0.137. The Balaban J connectivity index is 0.000000360. The van der Waals surface area contributed by atoms with Crippen molar-refractivity contribution in [2.24, 2.45) is 5.73 Å². The number of benzene rings is 1. The van der Waals surface area contributed by atoms with Gasteiger partial charge in [0.15, 0.2) is 0 Å². The van der Waals surface area contributed by atoms with Crippen molar-refractivity contribution in [1.29, 1.82) is 0 Å². The van der Waals surface area contributed by atoms with Gasteiger partial charge in [0.05, 0.1) is 0 Å². The van der Waals surface area contributed by atoms with E-state index < -0.39 is 5.97 Å². The number of rotatable bonds is 5. The minimum absolute atomic E-state index is 0.191. The second-order valence-electron chi connectivity index (χ2n) is 3.33. The number of hydrogen-bond donors (Lipinski definition) is 2. The number of nitrogens with two attached hydrogens (primary N) is 1. The van der Waals surface area contributed by atoms with E-state index >= 15 is 0 Å². The predicted octanol–water partition coefficient (Wildman–Crippen LogP) is 2.36. The number of aliphatic carboxylic acids is 1. The largest absolute Gasteiger partial charge is 0.481 e. The van der Waals surface area contributed by atoms with Gasteiger partial charge in [0.1, 0.15) is 6.29 Å². The zero-order chi connectivity index (χ0) is 13.8. The molecule has 18 heavy (non-hydrogen) atoms. The number of hydrogen-bond acceptors (Lipinski definition) is 3. The molecule has 0 aliphatic rings. The van der Waals surface area contributed by atoms with Crippen LogP contribution in [0, 0.1) is 0 Å². The Bertz CT molecular complexity index is 388. The van der Waals surface area contributed by atoms with Crippen LogP contribution in [-0.4, -0.2) is 23.9 Å². The van der Waals surface area contributed by atoms with Gasteiger partial charge in [-0.05, 0) is 36.7 Å². The molecule has 3 N–H and O–H groups in total. The highest BCUT2D eigenvalue weighted by Gasteiger charge is 1.91. The molecule has 4 nitrogen and oxygen atoms in total. The maximum Gasteiger partial charge on any atom is 0.303 e. The molecule has 0 saturated heterocycles. The Morgan fingerprint density at radius 1 is 1.33 bits per heavy atom. The van der Waals surface area contributed by atoms with Crippen LogP contribution < -0.4 is 5.73 Å². The fourth-order valence-electron chi connectivity index (χ4n) is 0.978. The molecule has 0 unspecified atom stereocenters. The highest BCUT2D eigenvalue weighted by molar-refractivity contribution is 6.30. The molecule has 98 valence electrons. The Morgan fingerprint density at radius 3 is 2.33 bits per heavy atom. The Hall–Kier alpha value is -1.65. The SMILES string of the molecule is NCCCC(=O)O.O=C/C=C/c1ccc(Cl)cc1. The van der Waals surface area contributed by atoms with Crippen LogP contribution in [0.4, 0.5) is 0 Å². The van der Waals surface area contributed by atoms with Gasteiger partial charge in [-0.2, -0.15) is 0 Å². The van der Waals surface area contributed by atoms with Crippen LogP contribution in [-0.2, 0) is 9.59 Å². The summed E-state index contributed by atoms with van der Waals surface area (Å²) in [5.74, 6) is -0.773. The second kappa shape index (κ2) is 10.5. The fraction of sp³-hybridized carbons (Fsp3) is 0.231. The molecule has 0 spiro atoms. The summed E-state index contributed by atoms with van der Waals surface area (Å²) in [6.45, 7) is 0.465. The molecule has 1 aromatic rings. The van der Waals surface area contributed by atoms with Crippen molar-refractivity contribution in [2.75, 3.05) is 6.54 Å². The van der Waals surface area contributed by atoms with Crippen LogP contribution in [0.3, 0.4) is 0 Å². The molecule has 0 amide bonds. The van der Waals surface area contributed by atoms with E-state index in [9.17, 15) is 9.59 Å². The van der Waals surface area contributed by atoms with Crippen LogP contribution in [0.25, 0.3) is 6.08 Å². The molecule has 0 radical (unpaired) electrons. The highest BCUT2D eigenvalue weighted by Crippen LogP contribution is 2.09. The lowest BCUT2D eigenvalue weighted by Gasteiger charge is -1.90. The van der Waals surface area contributed by atoms with Crippen LogP contribution in [0.5, 0.6) is 0 Å². The summed E-state index contributed by atoms with van der Waals surface area (Å²) in [5.41, 5.74) is 5.99. The Labute approximate surface area is 111 Å². The maximum atomic E-state index is 9.93. The van der Waals surface area contributed by atoms with E-state index in [4.69, 9.17) is 22.4 Å². The molecule has 0 fully saturated rings. The van der Waals surface area contributed by atoms with Gasteiger partial charge in [0.25, 0.3) is 0 Å². The van der Waals surface area contributed by atoms with Gasteiger partial charge in [0, 0.05) is 11.4 Å². The molecule has 0 atom stereocenters. The lowest BCUT2D eigenvalue weighted by Crippen LogP contribution is -2.02. The lowest BCUT2D eigenvalue weighted by atomic mass is 10.2. The number of carboxylic acid groups (broad SMARTS) is 1. The standard InChI is InChI=1S/C9H7ClO.C4H9NO2/c10-9-5-3-8(4-6-9)2-1-7-11;5-3-1-2-4(6)7/h1-7H;1-3,5H2,(H,6,7)/b2-1+;. The van der Waals surface area contributed by atoms with E-state index in [1.54, 1.807) is 18.2 Å². The Morgan fingerprint density at radius 2 is 1.94 bits per heavy atom. The van der Waals surface area contributed by atoms with Crippen LogP contribution in [0.1, 0.15) is 18.4 Å². The number of halogens is 1. The third-order valence-corrected chi connectivity index (χ3v) is 2.08. The zero-order valence-corrected chi connectivity index (χ0v) is 10.6. The highest BCUT2D eigenvalue weighted by atomic mass is 35.5. The quantitative estimate of drug-likeness (QED) is 0.635. The topological polar surface area (TPSA) is 80.4 Å². The van der Waals surface area contributed by atoms with E-state index in [1.807, 2.05) is 12.1 Å². The predicted molar refractivity (Wildman–Crippen MR) is 72.5 cm³/mol. The smallest absolute Gasteiger partial charge is 0.303 e. The molecule has 0 aromatic heterocycles. The number of aldehydes is 1. The molecule has 0 saturated carbocycles. The fourth-order valence-corrected chi connectivity index (χ4v) is 1.10. The Kier molecular flexibility index (Phi) is 9.54. The summed E-state index contributed by atoms with van der Waals surface area (Å²) in [4.78, 5) is 19.6. The van der Waals surface area contributed by atoms with Gasteiger partial charge in [0.2, 0.25) is 0 Å². The van der Waals surface area contributed by atoms with Crippen LogP contribution >= 0.6 is 11.6 Å². The summed E-state index contributed by atoms with van der Waals surface area (Å²) >= 11 is 5.65. The first kappa shape index (κ1) is 16.4. The molecule has 1 aromatic carbocycles. The summed E-state index contributed by atoms with van der Waals surface area (Å²) in [7, 11) is 0. The third-order valence-electron chi connectivity index (χ3n) is 1.83. The molecule has 0 heterocycles. The number of carboxylic acids is 1. The van der Waals surface area contributed by atoms with Crippen molar-refractivity contribution in [1.82, 2.24) is 0 Å². The van der Waals surface area contributed by atoms with E-state index in [2.05, 4.69) is 0 Å². The number of carbonyl (C=O) groups excluding carboxylic acids is 1. The molecular formula is C13H16ClNO3. The van der Waals surface area contributed by atoms with E-state index in [1.165, 1.54) is 6.08 Å². The third kappa shape index (κ3) is 9.57. The van der Waals surface area contributed by atoms with Crippen LogP contribution in [0.15, 0.2) is 30.3 Å². The minimum Gasteiger partial charge on any atom is -0.481 e. The van der Waals surface area contributed by atoms with Gasteiger partial charge in [-0.3, -0.25) is 9.59 Å². The van der Waals surface area contributed by atoms with E-state index in [-0.39, 0.29) is 6.42 Å². The van der Waals surface area contributed by atoms with Crippen LogP contribution in [0.2, 0.25) is 5.02 Å². The minimum atomic E-state index is -0.773. The molecular weight excluding hydrogens is 254 g/mol. The van der Waals surface area contributed by atoms with Gasteiger partial charge < -0.3 is 10.8 Å². The summed E-state index contributed by atoms with van der Waals surface area (Å²) in [5, 5.41) is 8.69. The summed E-state index contributed by atoms with van der Waals surface area (Å²) < 4.78 is 0. The van der Waals surface area contributed by atoms with Crippen molar-refractivity contribution < 1.29 is 14.7 Å². The number of carbonyl (C=O) groups is 2. The maximum absolute atomic E-state index is 9.93. The van der Waals surface area contributed by atoms with Crippen molar-refractivity contribution in [3.05, 3.63) is 40.9 Å². The molecule has 0 aliphatic heterocycles. The van der Waals surface area contributed by atoms with Gasteiger partial charge >= 0.3 is 5.97 Å². The average Bonchev–Trinajstić information content (AvgIpc) is 2.36.